The molecule has 2 bridgehead atoms. The van der Waals surface area contributed by atoms with E-state index in [1.54, 1.807) is 7.11 Å². The molecule has 7 heteroatoms. The largest absolute Gasteiger partial charge is 0.493 e. The van der Waals surface area contributed by atoms with Crippen LogP contribution in [0.3, 0.4) is 0 Å². The van der Waals surface area contributed by atoms with Gasteiger partial charge in [0.1, 0.15) is 0 Å². The van der Waals surface area contributed by atoms with Crippen LogP contribution < -0.4 is 19.7 Å². The summed E-state index contributed by atoms with van der Waals surface area (Å²) in [7, 11) is 1.62. The molecule has 6 rings (SSSR count). The average molecular weight is 589 g/mol. The Morgan fingerprint density at radius 3 is 2.29 bits per heavy atom. The van der Waals surface area contributed by atoms with Crippen molar-refractivity contribution in [3.8, 4) is 11.5 Å². The molecule has 0 radical (unpaired) electrons. The number of fused-ring (bicyclic) bond motifs is 3. The highest BCUT2D eigenvalue weighted by Gasteiger charge is 2.42. The third-order valence-corrected chi connectivity index (χ3v) is 9.63. The van der Waals surface area contributed by atoms with Gasteiger partial charge in [0.25, 0.3) is 0 Å². The number of hydrogen-bond acceptors (Lipinski definition) is 5. The first-order valence-corrected chi connectivity index (χ1v) is 15.6. The normalized spacial score (nSPS) is 25.1. The summed E-state index contributed by atoms with van der Waals surface area (Å²) in [5, 5.41) is 16.2. The molecule has 0 aliphatic carbocycles. The first-order valence-electron chi connectivity index (χ1n) is 15.2. The molecule has 3 heterocycles. The number of carbonyl (C=O) groups is 1. The summed E-state index contributed by atoms with van der Waals surface area (Å²) in [6, 6.07) is 20.2. The smallest absolute Gasteiger partial charge is 0.232 e. The molecule has 3 aliphatic heterocycles. The maximum absolute atomic E-state index is 13.9. The molecule has 6 nitrogen and oxygen atoms in total. The Kier molecular flexibility index (Phi) is 7.99. The predicted molar refractivity (Wildman–Crippen MR) is 167 cm³/mol. The van der Waals surface area contributed by atoms with Gasteiger partial charge in [0.05, 0.1) is 31.3 Å². The van der Waals surface area contributed by atoms with E-state index in [-0.39, 0.29) is 30.4 Å². The average Bonchev–Trinajstić information content (AvgIpc) is 2.96. The second-order valence-electron chi connectivity index (χ2n) is 12.6. The molecule has 222 valence electrons. The van der Waals surface area contributed by atoms with E-state index in [0.29, 0.717) is 28.6 Å². The van der Waals surface area contributed by atoms with E-state index in [0.717, 1.165) is 40.8 Å². The van der Waals surface area contributed by atoms with Crippen molar-refractivity contribution in [1.82, 2.24) is 5.32 Å². The number of methoxy groups -OCH3 is 1. The van der Waals surface area contributed by atoms with Crippen molar-refractivity contribution < 1.29 is 19.4 Å². The van der Waals surface area contributed by atoms with Gasteiger partial charge in [0.2, 0.25) is 5.91 Å². The SMILES string of the molecule is COc1cc2c(cc1OC(C)C)C(c1ccc(Cl)cc1)N(c1ccc([C@@](C)(O)C3CC4CCCC(C3)N4)cc1)C(=O)C2. The number of amides is 1. The summed E-state index contributed by atoms with van der Waals surface area (Å²) in [4.78, 5) is 15.7. The van der Waals surface area contributed by atoms with Crippen LogP contribution in [0.25, 0.3) is 0 Å². The molecule has 2 N–H and O–H groups in total. The van der Waals surface area contributed by atoms with Crippen molar-refractivity contribution in [3.05, 3.63) is 87.9 Å². The zero-order valence-electron chi connectivity index (χ0n) is 24.9. The lowest BCUT2D eigenvalue weighted by molar-refractivity contribution is -0.118. The van der Waals surface area contributed by atoms with Crippen LogP contribution >= 0.6 is 11.6 Å². The molecule has 3 unspecified atom stereocenters. The van der Waals surface area contributed by atoms with Crippen molar-refractivity contribution in [2.45, 2.75) is 89.1 Å². The lowest BCUT2D eigenvalue weighted by atomic mass is 9.70. The summed E-state index contributed by atoms with van der Waals surface area (Å²) in [5.41, 5.74) is 3.59. The minimum atomic E-state index is -0.942. The third kappa shape index (κ3) is 5.52. The van der Waals surface area contributed by atoms with Crippen LogP contribution in [0.15, 0.2) is 60.7 Å². The van der Waals surface area contributed by atoms with Crippen LogP contribution in [-0.4, -0.2) is 36.3 Å². The standard InChI is InChI=1S/C35H41ClN2O4/c1-21(2)42-32-20-30-23(16-31(32)41-4)17-33(39)38(34(30)22-8-12-26(36)13-9-22)29-14-10-24(11-15-29)35(3,40)25-18-27-6-5-7-28(19-25)37-27/h8-16,20-21,25,27-28,34,37,40H,5-7,17-19H2,1-4H3/t25?,27?,28?,34?,35-/m1/s1. The summed E-state index contributed by atoms with van der Waals surface area (Å²) in [6.45, 7) is 5.92. The predicted octanol–water partition coefficient (Wildman–Crippen LogP) is 6.94. The van der Waals surface area contributed by atoms with Gasteiger partial charge in [0, 0.05) is 22.8 Å². The van der Waals surface area contributed by atoms with E-state index in [1.165, 1.54) is 19.3 Å². The molecule has 3 aromatic carbocycles. The number of anilines is 1. The van der Waals surface area contributed by atoms with Gasteiger partial charge in [-0.25, -0.2) is 0 Å². The van der Waals surface area contributed by atoms with E-state index < -0.39 is 5.60 Å². The number of nitrogens with one attached hydrogen (secondary N) is 1. The highest BCUT2D eigenvalue weighted by Crippen LogP contribution is 2.45. The van der Waals surface area contributed by atoms with Crippen molar-refractivity contribution in [1.29, 1.82) is 0 Å². The van der Waals surface area contributed by atoms with Gasteiger partial charge < -0.3 is 24.8 Å². The fraction of sp³-hybridized carbons (Fsp3) is 0.457. The van der Waals surface area contributed by atoms with Crippen LogP contribution in [0.1, 0.15) is 81.2 Å². The van der Waals surface area contributed by atoms with E-state index in [1.807, 2.05) is 86.3 Å². The number of ether oxygens (including phenoxy) is 2. The summed E-state index contributed by atoms with van der Waals surface area (Å²) in [6.07, 6.45) is 5.81. The van der Waals surface area contributed by atoms with Gasteiger partial charge in [-0.1, -0.05) is 42.3 Å². The number of halogens is 1. The molecular formula is C35H41ClN2O4. The maximum atomic E-state index is 13.9. The molecular weight excluding hydrogens is 548 g/mol. The van der Waals surface area contributed by atoms with E-state index in [9.17, 15) is 9.90 Å². The Hall–Kier alpha value is -3.06. The van der Waals surface area contributed by atoms with Crippen LogP contribution in [0.4, 0.5) is 5.69 Å². The van der Waals surface area contributed by atoms with Gasteiger partial charge in [-0.05, 0) is 111 Å². The zero-order chi connectivity index (χ0) is 29.6. The number of piperidine rings is 2. The second kappa shape index (κ2) is 11.6. The molecule has 1 amide bonds. The number of rotatable bonds is 7. The fourth-order valence-corrected chi connectivity index (χ4v) is 7.37. The van der Waals surface area contributed by atoms with E-state index in [4.69, 9.17) is 21.1 Å². The Labute approximate surface area is 254 Å². The summed E-state index contributed by atoms with van der Waals surface area (Å²) < 4.78 is 11.8. The Bertz CT molecular complexity index is 1420. The summed E-state index contributed by atoms with van der Waals surface area (Å²) >= 11 is 6.27. The minimum Gasteiger partial charge on any atom is -0.493 e. The van der Waals surface area contributed by atoms with Crippen LogP contribution in [0.2, 0.25) is 5.02 Å². The quantitative estimate of drug-likeness (QED) is 0.313. The van der Waals surface area contributed by atoms with Crippen molar-refractivity contribution >= 4 is 23.2 Å². The van der Waals surface area contributed by atoms with Crippen molar-refractivity contribution in [2.24, 2.45) is 5.92 Å². The maximum Gasteiger partial charge on any atom is 0.232 e. The van der Waals surface area contributed by atoms with Crippen LogP contribution in [0, 0.1) is 5.92 Å². The molecule has 3 aliphatic rings. The fourth-order valence-electron chi connectivity index (χ4n) is 7.25. The minimum absolute atomic E-state index is 0.00674. The molecule has 4 atom stereocenters. The molecule has 3 aromatic rings. The van der Waals surface area contributed by atoms with Gasteiger partial charge in [-0.3, -0.25) is 4.79 Å². The lowest BCUT2D eigenvalue weighted by Gasteiger charge is -2.45. The van der Waals surface area contributed by atoms with E-state index in [2.05, 4.69) is 5.32 Å². The van der Waals surface area contributed by atoms with Crippen LogP contribution in [-0.2, 0) is 16.8 Å². The Morgan fingerprint density at radius 2 is 1.67 bits per heavy atom. The lowest BCUT2D eigenvalue weighted by Crippen LogP contribution is -2.52. The first kappa shape index (κ1) is 29.0. The topological polar surface area (TPSA) is 71.0 Å². The molecule has 0 saturated carbocycles. The Balaban J connectivity index is 1.38. The molecule has 2 saturated heterocycles. The Morgan fingerprint density at radius 1 is 1.00 bits per heavy atom. The van der Waals surface area contributed by atoms with Gasteiger partial charge in [-0.2, -0.15) is 0 Å². The van der Waals surface area contributed by atoms with Crippen LogP contribution in [0.5, 0.6) is 11.5 Å². The number of nitrogens with zero attached hydrogens (tertiary/aromatic N) is 1. The highest BCUT2D eigenvalue weighted by molar-refractivity contribution is 6.30. The van der Waals surface area contributed by atoms with Gasteiger partial charge >= 0.3 is 0 Å². The molecule has 2 fully saturated rings. The second-order valence-corrected chi connectivity index (χ2v) is 13.1. The van der Waals surface area contributed by atoms with E-state index >= 15 is 0 Å². The zero-order valence-corrected chi connectivity index (χ0v) is 25.7. The molecule has 42 heavy (non-hydrogen) atoms. The highest BCUT2D eigenvalue weighted by atomic mass is 35.5. The summed E-state index contributed by atoms with van der Waals surface area (Å²) in [5.74, 6) is 1.46. The monoisotopic (exact) mass is 588 g/mol. The number of hydrogen-bond donors (Lipinski definition) is 2. The van der Waals surface area contributed by atoms with Gasteiger partial charge in [-0.15, -0.1) is 0 Å². The van der Waals surface area contributed by atoms with Crippen molar-refractivity contribution in [3.63, 3.8) is 0 Å². The number of aliphatic hydroxyl groups is 1. The molecule has 0 spiro atoms. The van der Waals surface area contributed by atoms with Crippen molar-refractivity contribution in [2.75, 3.05) is 12.0 Å². The first-order chi connectivity index (χ1) is 20.1. The molecule has 0 aromatic heterocycles. The third-order valence-electron chi connectivity index (χ3n) is 9.38. The number of carbonyl (C=O) groups excluding carboxylic acids is 1. The number of benzene rings is 3. The van der Waals surface area contributed by atoms with Gasteiger partial charge in [0.15, 0.2) is 11.5 Å².